The number of hydrogen-bond donors (Lipinski definition) is 1. The van der Waals surface area contributed by atoms with Gasteiger partial charge in [-0.2, -0.15) is 0 Å². The number of hydrogen-bond acceptors (Lipinski definition) is 3. The lowest BCUT2D eigenvalue weighted by Gasteiger charge is -2.19. The summed E-state index contributed by atoms with van der Waals surface area (Å²) in [5.41, 5.74) is 1.71. The summed E-state index contributed by atoms with van der Waals surface area (Å²) >= 11 is 3.41. The lowest BCUT2D eigenvalue weighted by Crippen LogP contribution is -2.25. The molecular weight excluding hydrogens is 321 g/mol. The summed E-state index contributed by atoms with van der Waals surface area (Å²) in [6.45, 7) is 2.93. The Morgan fingerprint density at radius 2 is 2.15 bits per heavy atom. The van der Waals surface area contributed by atoms with Gasteiger partial charge in [0, 0.05) is 34.7 Å². The van der Waals surface area contributed by atoms with Gasteiger partial charge in [-0.3, -0.25) is 9.97 Å². The van der Waals surface area contributed by atoms with Crippen molar-refractivity contribution in [3.05, 3.63) is 58.3 Å². The van der Waals surface area contributed by atoms with Crippen LogP contribution in [-0.2, 0) is 6.42 Å². The number of pyridine rings is 2. The molecule has 0 aliphatic rings. The molecule has 0 amide bonds. The molecule has 106 valence electrons. The average Bonchev–Trinajstić information content (AvgIpc) is 2.44. The van der Waals surface area contributed by atoms with Crippen LogP contribution in [0.5, 0.6) is 0 Å². The zero-order valence-corrected chi connectivity index (χ0v) is 12.9. The van der Waals surface area contributed by atoms with E-state index in [1.807, 2.05) is 12.3 Å². The predicted molar refractivity (Wildman–Crippen MR) is 80.9 cm³/mol. The quantitative estimate of drug-likeness (QED) is 0.873. The van der Waals surface area contributed by atoms with E-state index in [9.17, 15) is 4.39 Å². The minimum atomic E-state index is -0.274. The van der Waals surface area contributed by atoms with Gasteiger partial charge >= 0.3 is 0 Å². The molecule has 0 spiro atoms. The number of rotatable bonds is 6. The van der Waals surface area contributed by atoms with Gasteiger partial charge in [0.15, 0.2) is 0 Å². The first-order valence-corrected chi connectivity index (χ1v) is 7.42. The fraction of sp³-hybridized carbons (Fsp3) is 0.333. The van der Waals surface area contributed by atoms with Gasteiger partial charge in [0.2, 0.25) is 0 Å². The summed E-state index contributed by atoms with van der Waals surface area (Å²) in [6.07, 6.45) is 8.12. The van der Waals surface area contributed by atoms with E-state index in [0.717, 1.165) is 23.0 Å². The molecule has 2 heterocycles. The van der Waals surface area contributed by atoms with E-state index in [-0.39, 0.29) is 11.9 Å². The van der Waals surface area contributed by atoms with Crippen LogP contribution in [-0.4, -0.2) is 16.5 Å². The number of aromatic nitrogens is 2. The van der Waals surface area contributed by atoms with Crippen molar-refractivity contribution < 1.29 is 4.39 Å². The molecule has 3 nitrogen and oxygen atoms in total. The van der Waals surface area contributed by atoms with E-state index in [4.69, 9.17) is 0 Å². The first-order valence-electron chi connectivity index (χ1n) is 6.63. The summed E-state index contributed by atoms with van der Waals surface area (Å²) in [5, 5.41) is 3.38. The molecule has 20 heavy (non-hydrogen) atoms. The van der Waals surface area contributed by atoms with E-state index < -0.39 is 0 Å². The second-order valence-corrected chi connectivity index (χ2v) is 5.54. The summed E-state index contributed by atoms with van der Waals surface area (Å²) in [7, 11) is 0. The Kier molecular flexibility index (Phi) is 5.61. The Morgan fingerprint density at radius 3 is 2.85 bits per heavy atom. The first kappa shape index (κ1) is 15.1. The van der Waals surface area contributed by atoms with E-state index >= 15 is 0 Å². The molecule has 1 atom stereocenters. The minimum Gasteiger partial charge on any atom is -0.310 e. The van der Waals surface area contributed by atoms with Gasteiger partial charge in [0.1, 0.15) is 5.82 Å². The van der Waals surface area contributed by atoms with Crippen LogP contribution in [0.25, 0.3) is 0 Å². The summed E-state index contributed by atoms with van der Waals surface area (Å²) in [4.78, 5) is 7.96. The predicted octanol–water partition coefficient (Wildman–Crippen LogP) is 3.66. The molecule has 2 aromatic heterocycles. The van der Waals surface area contributed by atoms with E-state index in [1.165, 1.54) is 6.20 Å². The van der Waals surface area contributed by atoms with Crippen molar-refractivity contribution in [2.75, 3.05) is 6.54 Å². The number of halogens is 2. The van der Waals surface area contributed by atoms with Gasteiger partial charge in [-0.25, -0.2) is 4.39 Å². The molecule has 2 aromatic rings. The third kappa shape index (κ3) is 4.08. The molecule has 0 saturated heterocycles. The molecule has 1 unspecified atom stereocenters. The van der Waals surface area contributed by atoms with Gasteiger partial charge in [-0.15, -0.1) is 0 Å². The Morgan fingerprint density at radius 1 is 1.30 bits per heavy atom. The van der Waals surface area contributed by atoms with Crippen LogP contribution in [0.15, 0.2) is 41.4 Å². The molecule has 0 saturated carbocycles. The van der Waals surface area contributed by atoms with Crippen LogP contribution in [0, 0.1) is 5.82 Å². The van der Waals surface area contributed by atoms with Crippen molar-refractivity contribution in [2.24, 2.45) is 0 Å². The molecule has 0 radical (unpaired) electrons. The van der Waals surface area contributed by atoms with Gasteiger partial charge in [-0.1, -0.05) is 6.92 Å². The maximum absolute atomic E-state index is 13.9. The Balaban J connectivity index is 2.22. The summed E-state index contributed by atoms with van der Waals surface area (Å²) in [6, 6.07) is 3.66. The van der Waals surface area contributed by atoms with Crippen LogP contribution in [0.3, 0.4) is 0 Å². The van der Waals surface area contributed by atoms with Crippen molar-refractivity contribution in [3.8, 4) is 0 Å². The minimum absolute atomic E-state index is 0.0750. The molecule has 5 heteroatoms. The Bertz CT molecular complexity index is 562. The van der Waals surface area contributed by atoms with Crippen LogP contribution >= 0.6 is 15.9 Å². The van der Waals surface area contributed by atoms with Crippen molar-refractivity contribution >= 4 is 15.9 Å². The van der Waals surface area contributed by atoms with Crippen LogP contribution < -0.4 is 5.32 Å². The zero-order chi connectivity index (χ0) is 14.4. The van der Waals surface area contributed by atoms with E-state index in [2.05, 4.69) is 38.1 Å². The third-order valence-corrected chi connectivity index (χ3v) is 3.45. The monoisotopic (exact) mass is 337 g/mol. The van der Waals surface area contributed by atoms with Gasteiger partial charge in [-0.05, 0) is 53.0 Å². The molecule has 0 fully saturated rings. The SMILES string of the molecule is CCCNC(Cc1cncc(Br)c1)c1ccncc1F. The molecule has 0 aromatic carbocycles. The van der Waals surface area contributed by atoms with Crippen LogP contribution in [0.4, 0.5) is 4.39 Å². The Labute approximate surface area is 126 Å². The zero-order valence-electron chi connectivity index (χ0n) is 11.3. The maximum Gasteiger partial charge on any atom is 0.146 e. The largest absolute Gasteiger partial charge is 0.310 e. The topological polar surface area (TPSA) is 37.8 Å². The highest BCUT2D eigenvalue weighted by Gasteiger charge is 2.16. The second-order valence-electron chi connectivity index (χ2n) is 4.62. The fourth-order valence-electron chi connectivity index (χ4n) is 2.08. The molecule has 1 N–H and O–H groups in total. The fourth-order valence-corrected chi connectivity index (χ4v) is 2.49. The maximum atomic E-state index is 13.9. The van der Waals surface area contributed by atoms with Crippen molar-refractivity contribution in [3.63, 3.8) is 0 Å². The molecule has 0 aliphatic heterocycles. The van der Waals surface area contributed by atoms with Gasteiger partial charge < -0.3 is 5.32 Å². The van der Waals surface area contributed by atoms with Crippen LogP contribution in [0.2, 0.25) is 0 Å². The molecule has 0 aliphatic carbocycles. The smallest absolute Gasteiger partial charge is 0.146 e. The van der Waals surface area contributed by atoms with Crippen molar-refractivity contribution in [1.82, 2.24) is 15.3 Å². The highest BCUT2D eigenvalue weighted by molar-refractivity contribution is 9.10. The lowest BCUT2D eigenvalue weighted by molar-refractivity contribution is 0.494. The van der Waals surface area contributed by atoms with Gasteiger partial charge in [0.05, 0.1) is 6.20 Å². The highest BCUT2D eigenvalue weighted by atomic mass is 79.9. The molecule has 2 rings (SSSR count). The standard InChI is InChI=1S/C15H17BrFN3/c1-2-4-20-15(13-3-5-18-10-14(13)17)7-11-6-12(16)9-19-8-11/h3,5-6,8-10,15,20H,2,4,7H2,1H3. The number of nitrogens with zero attached hydrogens (tertiary/aromatic N) is 2. The average molecular weight is 338 g/mol. The summed E-state index contributed by atoms with van der Waals surface area (Å²) in [5.74, 6) is -0.274. The van der Waals surface area contributed by atoms with Crippen molar-refractivity contribution in [2.45, 2.75) is 25.8 Å². The third-order valence-electron chi connectivity index (χ3n) is 3.02. The first-order chi connectivity index (χ1) is 9.70. The normalized spacial score (nSPS) is 12.3. The van der Waals surface area contributed by atoms with E-state index in [0.29, 0.717) is 12.0 Å². The van der Waals surface area contributed by atoms with E-state index in [1.54, 1.807) is 18.5 Å². The summed E-state index contributed by atoms with van der Waals surface area (Å²) < 4.78 is 14.9. The lowest BCUT2D eigenvalue weighted by atomic mass is 10.0. The highest BCUT2D eigenvalue weighted by Crippen LogP contribution is 2.21. The Hall–Kier alpha value is -1.33. The molecule has 0 bridgehead atoms. The second kappa shape index (κ2) is 7.45. The van der Waals surface area contributed by atoms with Crippen molar-refractivity contribution in [1.29, 1.82) is 0 Å². The molecular formula is C15H17BrFN3. The number of nitrogens with one attached hydrogen (secondary N) is 1. The van der Waals surface area contributed by atoms with Gasteiger partial charge in [0.25, 0.3) is 0 Å². The van der Waals surface area contributed by atoms with Crippen LogP contribution in [0.1, 0.15) is 30.5 Å².